The molecule has 0 spiro atoms. The summed E-state index contributed by atoms with van der Waals surface area (Å²) in [5.74, 6) is 0. The Kier molecular flexibility index (Phi) is 6.56. The Morgan fingerprint density at radius 3 is 2.33 bits per heavy atom. The van der Waals surface area contributed by atoms with Gasteiger partial charge in [-0.25, -0.2) is 0 Å². The fourth-order valence-electron chi connectivity index (χ4n) is 1.06. The molecular weight excluding hydrogens is 166 g/mol. The van der Waals surface area contributed by atoms with Gasteiger partial charge in [-0.15, -0.1) is 47.2 Å². The van der Waals surface area contributed by atoms with E-state index in [9.17, 15) is 0 Å². The van der Waals surface area contributed by atoms with E-state index in [1.165, 1.54) is 10.8 Å². The standard InChI is InChI=1S/C10H7.2Na/c1-2-6-10-8-4-3-7-9(10)5-1;;/h1-7H;;/q-1;;+1. The molecule has 0 aliphatic heterocycles. The van der Waals surface area contributed by atoms with Crippen molar-refractivity contribution in [3.05, 3.63) is 48.5 Å². The first-order valence-corrected chi connectivity index (χ1v) is 3.32. The third-order valence-corrected chi connectivity index (χ3v) is 1.57. The number of benzene rings is 2. The summed E-state index contributed by atoms with van der Waals surface area (Å²) < 4.78 is 0. The molecule has 2 rings (SSSR count). The maximum absolute atomic E-state index is 3.15. The van der Waals surface area contributed by atoms with Gasteiger partial charge < -0.3 is 0 Å². The van der Waals surface area contributed by atoms with Crippen LogP contribution in [0.4, 0.5) is 0 Å². The molecule has 0 saturated carbocycles. The molecule has 0 nitrogen and oxygen atoms in total. The Balaban J connectivity index is 0.000000605. The van der Waals surface area contributed by atoms with Crippen LogP contribution in [0, 0.1) is 6.07 Å². The average Bonchev–Trinajstić information content (AvgIpc) is 2.05. The van der Waals surface area contributed by atoms with E-state index in [0.29, 0.717) is 0 Å². The molecule has 0 N–H and O–H groups in total. The second-order valence-corrected chi connectivity index (χ2v) is 2.26. The van der Waals surface area contributed by atoms with Gasteiger partial charge in [0.15, 0.2) is 0 Å². The molecule has 0 bridgehead atoms. The van der Waals surface area contributed by atoms with Crippen molar-refractivity contribution in [2.75, 3.05) is 0 Å². The smallest absolute Gasteiger partial charge is 0.147 e. The summed E-state index contributed by atoms with van der Waals surface area (Å²) in [7, 11) is 0. The minimum Gasteiger partial charge on any atom is -0.147 e. The molecular formula is C10H7Na2. The Hall–Kier alpha value is 0.700. The third-order valence-electron chi connectivity index (χ3n) is 1.57. The van der Waals surface area contributed by atoms with Crippen molar-refractivity contribution < 1.29 is 29.6 Å². The quantitative estimate of drug-likeness (QED) is 0.364. The predicted molar refractivity (Wildman–Crippen MR) is 48.5 cm³/mol. The van der Waals surface area contributed by atoms with Crippen molar-refractivity contribution >= 4 is 40.3 Å². The van der Waals surface area contributed by atoms with E-state index < -0.39 is 0 Å². The van der Waals surface area contributed by atoms with Crippen molar-refractivity contribution in [1.82, 2.24) is 0 Å². The molecule has 0 heterocycles. The second kappa shape index (κ2) is 6.20. The molecule has 0 fully saturated rings. The molecule has 0 unspecified atom stereocenters. The Bertz CT molecular complexity index is 279. The van der Waals surface area contributed by atoms with Gasteiger partial charge in [0.05, 0.1) is 0 Å². The summed E-state index contributed by atoms with van der Waals surface area (Å²) in [5.41, 5.74) is 0. The van der Waals surface area contributed by atoms with Crippen LogP contribution < -0.4 is 29.6 Å². The first kappa shape index (κ1) is 12.7. The minimum absolute atomic E-state index is 0. The van der Waals surface area contributed by atoms with Gasteiger partial charge in [0.25, 0.3) is 0 Å². The van der Waals surface area contributed by atoms with E-state index in [2.05, 4.69) is 24.3 Å². The molecule has 12 heavy (non-hydrogen) atoms. The first-order valence-electron chi connectivity index (χ1n) is 3.32. The molecule has 0 atom stereocenters. The van der Waals surface area contributed by atoms with Gasteiger partial charge in [-0.05, 0) is 0 Å². The first-order chi connectivity index (χ1) is 4.97. The van der Waals surface area contributed by atoms with Crippen molar-refractivity contribution in [3.8, 4) is 0 Å². The molecule has 2 heteroatoms. The summed E-state index contributed by atoms with van der Waals surface area (Å²) in [6.07, 6.45) is 0. The predicted octanol–water partition coefficient (Wildman–Crippen LogP) is -0.737. The van der Waals surface area contributed by atoms with Gasteiger partial charge in [-0.3, -0.25) is 0 Å². The monoisotopic (exact) mass is 173 g/mol. The molecule has 0 aromatic heterocycles. The second-order valence-electron chi connectivity index (χ2n) is 2.26. The van der Waals surface area contributed by atoms with Crippen LogP contribution in [-0.4, -0.2) is 29.6 Å². The normalized spacial score (nSPS) is 8.33. The van der Waals surface area contributed by atoms with Gasteiger partial charge in [0.1, 0.15) is 0 Å². The van der Waals surface area contributed by atoms with Crippen LogP contribution in [0.25, 0.3) is 10.8 Å². The zero-order valence-electron chi connectivity index (χ0n) is 7.54. The average molecular weight is 173 g/mol. The molecule has 0 saturated heterocycles. The molecule has 2 aromatic rings. The molecule has 1 radical (unpaired) electrons. The van der Waals surface area contributed by atoms with Crippen molar-refractivity contribution in [2.24, 2.45) is 0 Å². The maximum Gasteiger partial charge on any atom is 1.00 e. The van der Waals surface area contributed by atoms with Crippen LogP contribution in [0.3, 0.4) is 0 Å². The van der Waals surface area contributed by atoms with Crippen LogP contribution >= 0.6 is 0 Å². The largest absolute Gasteiger partial charge is 1.00 e. The fourth-order valence-corrected chi connectivity index (χ4v) is 1.06. The SMILES string of the molecule is [Na+].[Na].[c-]1cccc2ccccc12. The van der Waals surface area contributed by atoms with Gasteiger partial charge in [-0.2, -0.15) is 0 Å². The zero-order chi connectivity index (χ0) is 6.81. The molecule has 49 valence electrons. The van der Waals surface area contributed by atoms with Crippen molar-refractivity contribution in [1.29, 1.82) is 0 Å². The summed E-state index contributed by atoms with van der Waals surface area (Å²) in [4.78, 5) is 0. The Labute approximate surface area is 117 Å². The Morgan fingerprint density at radius 2 is 1.58 bits per heavy atom. The van der Waals surface area contributed by atoms with E-state index in [0.717, 1.165) is 0 Å². The summed E-state index contributed by atoms with van der Waals surface area (Å²) in [6.45, 7) is 0. The van der Waals surface area contributed by atoms with E-state index in [4.69, 9.17) is 0 Å². The van der Waals surface area contributed by atoms with Crippen LogP contribution in [0.5, 0.6) is 0 Å². The van der Waals surface area contributed by atoms with Gasteiger partial charge in [0, 0.05) is 29.6 Å². The van der Waals surface area contributed by atoms with E-state index >= 15 is 0 Å². The summed E-state index contributed by atoms with van der Waals surface area (Å²) >= 11 is 0. The van der Waals surface area contributed by atoms with Gasteiger partial charge >= 0.3 is 29.6 Å². The maximum atomic E-state index is 3.15. The number of hydrogen-bond acceptors (Lipinski definition) is 0. The van der Waals surface area contributed by atoms with Gasteiger partial charge in [-0.1, -0.05) is 12.1 Å². The topological polar surface area (TPSA) is 0 Å². The van der Waals surface area contributed by atoms with E-state index in [1.54, 1.807) is 0 Å². The molecule has 0 aliphatic carbocycles. The van der Waals surface area contributed by atoms with Crippen LogP contribution in [0.15, 0.2) is 42.5 Å². The molecule has 0 amide bonds. The van der Waals surface area contributed by atoms with Gasteiger partial charge in [0.2, 0.25) is 0 Å². The van der Waals surface area contributed by atoms with Crippen molar-refractivity contribution in [3.63, 3.8) is 0 Å². The van der Waals surface area contributed by atoms with Crippen LogP contribution in [-0.2, 0) is 0 Å². The molecule has 2 aromatic carbocycles. The van der Waals surface area contributed by atoms with E-state index in [1.807, 2.05) is 24.3 Å². The fraction of sp³-hybridized carbons (Fsp3) is 0. The van der Waals surface area contributed by atoms with Crippen LogP contribution in [0.2, 0.25) is 0 Å². The Morgan fingerprint density at radius 1 is 0.917 bits per heavy atom. The summed E-state index contributed by atoms with van der Waals surface area (Å²) in [5, 5.41) is 2.44. The number of fused-ring (bicyclic) bond motifs is 1. The third kappa shape index (κ3) is 2.88. The van der Waals surface area contributed by atoms with Crippen LogP contribution in [0.1, 0.15) is 0 Å². The van der Waals surface area contributed by atoms with E-state index in [-0.39, 0.29) is 59.1 Å². The number of rotatable bonds is 0. The minimum atomic E-state index is 0. The number of hydrogen-bond donors (Lipinski definition) is 0. The molecule has 0 aliphatic rings. The van der Waals surface area contributed by atoms with Crippen molar-refractivity contribution in [2.45, 2.75) is 0 Å². The summed E-state index contributed by atoms with van der Waals surface area (Å²) in [6, 6.07) is 17.4. The zero-order valence-corrected chi connectivity index (χ0v) is 11.5.